The average Bonchev–Trinajstić information content (AvgIpc) is 3.19. The van der Waals surface area contributed by atoms with Gasteiger partial charge in [0.15, 0.2) is 0 Å². The Balaban J connectivity index is 1.59. The van der Waals surface area contributed by atoms with Crippen molar-refractivity contribution in [2.24, 2.45) is 11.8 Å². The lowest BCUT2D eigenvalue weighted by molar-refractivity contribution is 0.411. The van der Waals surface area contributed by atoms with Crippen molar-refractivity contribution in [2.45, 2.75) is 32.1 Å². The minimum atomic E-state index is 0.826. The number of aryl methyl sites for hydroxylation is 2. The molecule has 3 aliphatic rings. The molecule has 3 heterocycles. The summed E-state index contributed by atoms with van der Waals surface area (Å²) in [5, 5.41) is 1.38. The van der Waals surface area contributed by atoms with Crippen molar-refractivity contribution in [1.29, 1.82) is 0 Å². The maximum Gasteiger partial charge on any atom is 0.141 e. The first-order chi connectivity index (χ1) is 10.4. The highest BCUT2D eigenvalue weighted by atomic mass is 32.1. The van der Waals surface area contributed by atoms with Crippen LogP contribution < -0.4 is 4.90 Å². The van der Waals surface area contributed by atoms with Crippen LogP contribution in [0.15, 0.2) is 18.5 Å². The number of fused-ring (bicyclic) bond motifs is 4. The molecule has 0 saturated carbocycles. The van der Waals surface area contributed by atoms with Gasteiger partial charge in [-0.3, -0.25) is 0 Å². The Hall–Kier alpha value is -1.42. The molecule has 5 rings (SSSR count). The quantitative estimate of drug-likeness (QED) is 0.753. The maximum atomic E-state index is 4.70. The van der Waals surface area contributed by atoms with Gasteiger partial charge in [-0.15, -0.1) is 11.3 Å². The fraction of sp³-hybridized carbons (Fsp3) is 0.529. The molecule has 3 nitrogen and oxygen atoms in total. The van der Waals surface area contributed by atoms with Gasteiger partial charge in [0.05, 0.1) is 5.39 Å². The van der Waals surface area contributed by atoms with Crippen LogP contribution in [0.5, 0.6) is 0 Å². The highest BCUT2D eigenvalue weighted by Crippen LogP contribution is 2.42. The molecule has 2 unspecified atom stereocenters. The summed E-state index contributed by atoms with van der Waals surface area (Å²) >= 11 is 1.89. The number of hydrogen-bond donors (Lipinski definition) is 0. The number of anilines is 1. The lowest BCUT2D eigenvalue weighted by Gasteiger charge is -2.18. The molecular formula is C17H19N3S. The van der Waals surface area contributed by atoms with E-state index >= 15 is 0 Å². The van der Waals surface area contributed by atoms with Gasteiger partial charge in [-0.05, 0) is 49.5 Å². The van der Waals surface area contributed by atoms with Crippen molar-refractivity contribution < 1.29 is 0 Å². The zero-order valence-electron chi connectivity index (χ0n) is 12.1. The smallest absolute Gasteiger partial charge is 0.141 e. The van der Waals surface area contributed by atoms with Crippen LogP contribution in [0.25, 0.3) is 10.2 Å². The van der Waals surface area contributed by atoms with Crippen LogP contribution in [-0.2, 0) is 12.8 Å². The lowest BCUT2D eigenvalue weighted by Crippen LogP contribution is -2.21. The van der Waals surface area contributed by atoms with Gasteiger partial charge in [0.2, 0.25) is 0 Å². The van der Waals surface area contributed by atoms with E-state index in [0.29, 0.717) is 0 Å². The third-order valence-corrected chi connectivity index (χ3v) is 6.60. The summed E-state index contributed by atoms with van der Waals surface area (Å²) in [4.78, 5) is 14.5. The van der Waals surface area contributed by atoms with Crippen molar-refractivity contribution in [3.8, 4) is 0 Å². The van der Waals surface area contributed by atoms with Crippen LogP contribution >= 0.6 is 11.3 Å². The minimum absolute atomic E-state index is 0.826. The predicted molar refractivity (Wildman–Crippen MR) is 87.0 cm³/mol. The monoisotopic (exact) mass is 297 g/mol. The second-order valence-corrected chi connectivity index (χ2v) is 7.69. The number of aromatic nitrogens is 2. The van der Waals surface area contributed by atoms with E-state index in [1.165, 1.54) is 61.2 Å². The predicted octanol–water partition coefficient (Wildman–Crippen LogP) is 3.58. The first-order valence-corrected chi connectivity index (χ1v) is 8.87. The van der Waals surface area contributed by atoms with E-state index in [9.17, 15) is 0 Å². The van der Waals surface area contributed by atoms with Gasteiger partial charge < -0.3 is 4.90 Å². The Morgan fingerprint density at radius 2 is 1.86 bits per heavy atom. The standard InChI is InChI=1S/C17H19N3S/c1-2-5-12-9-20(8-11(12)4-1)16-15-13-6-3-7-14(13)21-17(15)19-10-18-16/h1-2,10-12H,3-9H2. The van der Waals surface area contributed by atoms with Crippen LogP contribution in [0.1, 0.15) is 29.7 Å². The van der Waals surface area contributed by atoms with Gasteiger partial charge in [0.1, 0.15) is 17.0 Å². The normalized spacial score (nSPS) is 27.3. The topological polar surface area (TPSA) is 29.0 Å². The Kier molecular flexibility index (Phi) is 2.63. The summed E-state index contributed by atoms with van der Waals surface area (Å²) in [5.41, 5.74) is 1.55. The molecule has 108 valence electrons. The molecule has 2 aromatic rings. The molecule has 1 saturated heterocycles. The Morgan fingerprint density at radius 3 is 2.67 bits per heavy atom. The van der Waals surface area contributed by atoms with Crippen LogP contribution in [0.4, 0.5) is 5.82 Å². The second kappa shape index (κ2) is 4.54. The number of hydrogen-bond acceptors (Lipinski definition) is 4. The molecule has 2 aromatic heterocycles. The summed E-state index contributed by atoms with van der Waals surface area (Å²) in [6.45, 7) is 2.34. The van der Waals surface area contributed by atoms with Gasteiger partial charge in [-0.2, -0.15) is 0 Å². The highest BCUT2D eigenvalue weighted by Gasteiger charge is 2.35. The van der Waals surface area contributed by atoms with Gasteiger partial charge in [0, 0.05) is 18.0 Å². The first-order valence-electron chi connectivity index (χ1n) is 8.05. The molecule has 2 atom stereocenters. The van der Waals surface area contributed by atoms with Gasteiger partial charge in [0.25, 0.3) is 0 Å². The maximum absolute atomic E-state index is 4.70. The Morgan fingerprint density at radius 1 is 1.05 bits per heavy atom. The molecule has 4 heteroatoms. The Bertz CT molecular complexity index is 717. The zero-order chi connectivity index (χ0) is 13.8. The number of nitrogens with zero attached hydrogens (tertiary/aromatic N) is 3. The van der Waals surface area contributed by atoms with E-state index in [2.05, 4.69) is 22.0 Å². The SMILES string of the molecule is C1=CCC2CN(c3ncnc4sc5c(c34)CCC5)CC2C1. The highest BCUT2D eigenvalue weighted by molar-refractivity contribution is 7.19. The van der Waals surface area contributed by atoms with Gasteiger partial charge in [-0.25, -0.2) is 9.97 Å². The van der Waals surface area contributed by atoms with E-state index in [1.54, 1.807) is 16.8 Å². The second-order valence-electron chi connectivity index (χ2n) is 6.60. The van der Waals surface area contributed by atoms with E-state index < -0.39 is 0 Å². The minimum Gasteiger partial charge on any atom is -0.355 e. The largest absolute Gasteiger partial charge is 0.355 e. The van der Waals surface area contributed by atoms with Crippen LogP contribution in [0.2, 0.25) is 0 Å². The van der Waals surface area contributed by atoms with E-state index in [1.807, 2.05) is 11.3 Å². The molecule has 1 aliphatic heterocycles. The number of allylic oxidation sites excluding steroid dienone is 2. The fourth-order valence-corrected chi connectivity index (χ4v) is 5.56. The van der Waals surface area contributed by atoms with Crippen LogP contribution in [0.3, 0.4) is 0 Å². The van der Waals surface area contributed by atoms with Crippen molar-refractivity contribution in [2.75, 3.05) is 18.0 Å². The summed E-state index contributed by atoms with van der Waals surface area (Å²) < 4.78 is 0. The summed E-state index contributed by atoms with van der Waals surface area (Å²) in [6, 6.07) is 0. The van der Waals surface area contributed by atoms with Crippen molar-refractivity contribution >= 4 is 27.4 Å². The van der Waals surface area contributed by atoms with E-state index in [-0.39, 0.29) is 0 Å². The molecule has 0 radical (unpaired) electrons. The molecule has 0 spiro atoms. The van der Waals surface area contributed by atoms with Crippen LogP contribution in [0, 0.1) is 11.8 Å². The van der Waals surface area contributed by atoms with Crippen molar-refractivity contribution in [3.63, 3.8) is 0 Å². The summed E-state index contributed by atoms with van der Waals surface area (Å²) in [5.74, 6) is 2.87. The van der Waals surface area contributed by atoms with Gasteiger partial charge in [-0.1, -0.05) is 12.2 Å². The Labute approximate surface area is 128 Å². The molecule has 0 bridgehead atoms. The molecule has 0 amide bonds. The van der Waals surface area contributed by atoms with E-state index in [0.717, 1.165) is 11.8 Å². The molecule has 2 aliphatic carbocycles. The molecule has 1 fully saturated rings. The third kappa shape index (κ3) is 1.78. The van der Waals surface area contributed by atoms with Gasteiger partial charge >= 0.3 is 0 Å². The van der Waals surface area contributed by atoms with Crippen LogP contribution in [-0.4, -0.2) is 23.1 Å². The molecular weight excluding hydrogens is 278 g/mol. The molecule has 0 aromatic carbocycles. The van der Waals surface area contributed by atoms with Crippen molar-refractivity contribution in [3.05, 3.63) is 28.9 Å². The number of thiophene rings is 1. The lowest BCUT2D eigenvalue weighted by atomic mass is 9.86. The molecule has 0 N–H and O–H groups in total. The van der Waals surface area contributed by atoms with E-state index in [4.69, 9.17) is 4.98 Å². The third-order valence-electron chi connectivity index (χ3n) is 5.40. The molecule has 21 heavy (non-hydrogen) atoms. The summed E-state index contributed by atoms with van der Waals surface area (Å²) in [7, 11) is 0. The zero-order valence-corrected chi connectivity index (χ0v) is 12.9. The van der Waals surface area contributed by atoms with Crippen molar-refractivity contribution in [1.82, 2.24) is 9.97 Å². The number of rotatable bonds is 1. The fourth-order valence-electron chi connectivity index (χ4n) is 4.34. The average molecular weight is 297 g/mol. The first kappa shape index (κ1) is 12.2. The summed E-state index contributed by atoms with van der Waals surface area (Å²) in [6.07, 6.45) is 12.8.